The summed E-state index contributed by atoms with van der Waals surface area (Å²) in [6.07, 6.45) is 0. The molecule has 162 valence electrons. The van der Waals surface area contributed by atoms with Gasteiger partial charge < -0.3 is 19.7 Å². The van der Waals surface area contributed by atoms with Crippen molar-refractivity contribution < 1.29 is 19.1 Å². The Morgan fingerprint density at radius 3 is 2.47 bits per heavy atom. The van der Waals surface area contributed by atoms with Crippen molar-refractivity contribution in [2.75, 3.05) is 20.3 Å². The minimum absolute atomic E-state index is 0.141. The molecule has 2 aromatic carbocycles. The van der Waals surface area contributed by atoms with Gasteiger partial charge in [0.05, 0.1) is 7.11 Å². The lowest BCUT2D eigenvalue weighted by Gasteiger charge is -2.29. The van der Waals surface area contributed by atoms with Crippen LogP contribution in [0.5, 0.6) is 11.5 Å². The quantitative estimate of drug-likeness (QED) is 0.645. The van der Waals surface area contributed by atoms with Gasteiger partial charge in [0, 0.05) is 13.1 Å². The Labute approximate surface area is 179 Å². The molecule has 30 heavy (non-hydrogen) atoms. The number of hydrogen-bond acceptors (Lipinski definition) is 4. The number of nitrogens with one attached hydrogen (secondary N) is 1. The lowest BCUT2D eigenvalue weighted by atomic mass is 10.0. The van der Waals surface area contributed by atoms with Crippen molar-refractivity contribution in [2.45, 2.75) is 46.2 Å². The number of para-hydroxylation sites is 1. The van der Waals surface area contributed by atoms with Gasteiger partial charge in [0.1, 0.15) is 17.5 Å². The van der Waals surface area contributed by atoms with Crippen molar-refractivity contribution in [3.63, 3.8) is 0 Å². The molecule has 0 unspecified atom stereocenters. The third kappa shape index (κ3) is 6.24. The van der Waals surface area contributed by atoms with Gasteiger partial charge in [-0.25, -0.2) is 0 Å². The Bertz CT molecular complexity index is 851. The second-order valence-corrected chi connectivity index (χ2v) is 7.42. The molecule has 1 N–H and O–H groups in total. The zero-order chi connectivity index (χ0) is 22.1. The van der Waals surface area contributed by atoms with E-state index in [-0.39, 0.29) is 30.9 Å². The highest BCUT2D eigenvalue weighted by Crippen LogP contribution is 2.26. The smallest absolute Gasteiger partial charge is 0.261 e. The second kappa shape index (κ2) is 11.2. The molecular weight excluding hydrogens is 380 g/mol. The van der Waals surface area contributed by atoms with E-state index in [1.54, 1.807) is 14.0 Å². The predicted molar refractivity (Wildman–Crippen MR) is 118 cm³/mol. The zero-order valence-electron chi connectivity index (χ0n) is 18.5. The molecule has 1 atom stereocenters. The molecule has 0 radical (unpaired) electrons. The fraction of sp³-hybridized carbons (Fsp3) is 0.417. The van der Waals surface area contributed by atoms with Crippen molar-refractivity contribution >= 4 is 11.8 Å². The lowest BCUT2D eigenvalue weighted by Crippen LogP contribution is -2.49. The fourth-order valence-corrected chi connectivity index (χ4v) is 3.18. The monoisotopic (exact) mass is 412 g/mol. The Balaban J connectivity index is 2.20. The molecule has 0 bridgehead atoms. The molecule has 2 aromatic rings. The van der Waals surface area contributed by atoms with Crippen LogP contribution in [0.3, 0.4) is 0 Å². The number of likely N-dealkylation sites (N-methyl/N-ethyl adjacent to an activating group) is 1. The average molecular weight is 413 g/mol. The maximum atomic E-state index is 13.1. The molecule has 0 aliphatic carbocycles. The second-order valence-electron chi connectivity index (χ2n) is 7.42. The van der Waals surface area contributed by atoms with E-state index in [2.05, 4.69) is 19.2 Å². The number of rotatable bonds is 10. The van der Waals surface area contributed by atoms with Crippen molar-refractivity contribution in [3.05, 3.63) is 59.7 Å². The molecule has 0 saturated heterocycles. The van der Waals surface area contributed by atoms with Gasteiger partial charge in [0.2, 0.25) is 5.91 Å². The van der Waals surface area contributed by atoms with Gasteiger partial charge >= 0.3 is 0 Å². The number of ether oxygens (including phenoxy) is 2. The van der Waals surface area contributed by atoms with Gasteiger partial charge in [-0.15, -0.1) is 0 Å². The standard InChI is InChI=1S/C24H32N2O4/c1-6-25-24(28)18(4)26(15-19-10-9-11-20(14-19)29-5)23(27)16-30-22-13-8-7-12-21(22)17(2)3/h7-14,17-18H,6,15-16H2,1-5H3,(H,25,28)/t18-/m1/s1. The fourth-order valence-electron chi connectivity index (χ4n) is 3.18. The summed E-state index contributed by atoms with van der Waals surface area (Å²) < 4.78 is 11.1. The first kappa shape index (κ1) is 23.3. The first-order chi connectivity index (χ1) is 14.4. The highest BCUT2D eigenvalue weighted by atomic mass is 16.5. The van der Waals surface area contributed by atoms with Crippen LogP contribution in [0.4, 0.5) is 0 Å². The first-order valence-corrected chi connectivity index (χ1v) is 10.3. The molecule has 0 heterocycles. The van der Waals surface area contributed by atoms with E-state index in [4.69, 9.17) is 9.47 Å². The normalized spacial score (nSPS) is 11.7. The summed E-state index contributed by atoms with van der Waals surface area (Å²) in [5.74, 6) is 1.21. The molecular formula is C24H32N2O4. The Kier molecular flexibility index (Phi) is 8.71. The maximum Gasteiger partial charge on any atom is 0.261 e. The SMILES string of the molecule is CCNC(=O)[C@@H](C)N(Cc1cccc(OC)c1)C(=O)COc1ccccc1C(C)C. The van der Waals surface area contributed by atoms with Crippen LogP contribution in [-0.2, 0) is 16.1 Å². The molecule has 0 saturated carbocycles. The average Bonchev–Trinajstić information content (AvgIpc) is 2.75. The summed E-state index contributed by atoms with van der Waals surface area (Å²) >= 11 is 0. The first-order valence-electron chi connectivity index (χ1n) is 10.3. The van der Waals surface area contributed by atoms with Crippen molar-refractivity contribution in [2.24, 2.45) is 0 Å². The minimum atomic E-state index is -0.632. The van der Waals surface area contributed by atoms with Crippen LogP contribution in [0.2, 0.25) is 0 Å². The Morgan fingerprint density at radius 2 is 1.80 bits per heavy atom. The molecule has 6 heteroatoms. The third-order valence-corrected chi connectivity index (χ3v) is 4.90. The van der Waals surface area contributed by atoms with Gasteiger partial charge in [-0.3, -0.25) is 9.59 Å². The van der Waals surface area contributed by atoms with E-state index in [1.165, 1.54) is 4.90 Å². The highest BCUT2D eigenvalue weighted by Gasteiger charge is 2.26. The number of amides is 2. The predicted octanol–water partition coefficient (Wildman–Crippen LogP) is 3.75. The molecule has 0 fully saturated rings. The van der Waals surface area contributed by atoms with Crippen molar-refractivity contribution in [1.29, 1.82) is 0 Å². The number of nitrogens with zero attached hydrogens (tertiary/aromatic N) is 1. The van der Waals surface area contributed by atoms with Crippen LogP contribution in [0.25, 0.3) is 0 Å². The van der Waals surface area contributed by atoms with E-state index in [1.807, 2.05) is 55.5 Å². The molecule has 0 aliphatic heterocycles. The third-order valence-electron chi connectivity index (χ3n) is 4.90. The van der Waals surface area contributed by atoms with Crippen molar-refractivity contribution in [3.8, 4) is 11.5 Å². The van der Waals surface area contributed by atoms with Crippen LogP contribution in [0.15, 0.2) is 48.5 Å². The van der Waals surface area contributed by atoms with Gasteiger partial charge in [0.25, 0.3) is 5.91 Å². The van der Waals surface area contributed by atoms with Crippen molar-refractivity contribution in [1.82, 2.24) is 10.2 Å². The summed E-state index contributed by atoms with van der Waals surface area (Å²) in [5, 5.41) is 2.79. The summed E-state index contributed by atoms with van der Waals surface area (Å²) in [7, 11) is 1.60. The van der Waals surface area contributed by atoms with Crippen LogP contribution in [0, 0.1) is 0 Å². The number of benzene rings is 2. The number of hydrogen-bond donors (Lipinski definition) is 1. The topological polar surface area (TPSA) is 67.9 Å². The van der Waals surface area contributed by atoms with E-state index >= 15 is 0 Å². The van der Waals surface area contributed by atoms with E-state index < -0.39 is 6.04 Å². The molecule has 0 aliphatic rings. The summed E-state index contributed by atoms with van der Waals surface area (Å²) in [5.41, 5.74) is 1.92. The van der Waals surface area contributed by atoms with E-state index in [0.717, 1.165) is 11.1 Å². The molecule has 2 rings (SSSR count). The maximum absolute atomic E-state index is 13.1. The molecule has 0 aromatic heterocycles. The lowest BCUT2D eigenvalue weighted by molar-refractivity contribution is -0.142. The summed E-state index contributed by atoms with van der Waals surface area (Å²) in [6.45, 7) is 8.38. The molecule has 0 spiro atoms. The number of carbonyl (C=O) groups excluding carboxylic acids is 2. The largest absolute Gasteiger partial charge is 0.497 e. The molecule has 2 amide bonds. The Hall–Kier alpha value is -3.02. The van der Waals surface area contributed by atoms with Crippen LogP contribution in [-0.4, -0.2) is 43.0 Å². The number of carbonyl (C=O) groups is 2. The van der Waals surface area contributed by atoms with Crippen LogP contribution < -0.4 is 14.8 Å². The van der Waals surface area contributed by atoms with Gasteiger partial charge in [-0.2, -0.15) is 0 Å². The van der Waals surface area contributed by atoms with Crippen LogP contribution in [0.1, 0.15) is 44.7 Å². The molecule has 6 nitrogen and oxygen atoms in total. The zero-order valence-corrected chi connectivity index (χ0v) is 18.5. The number of methoxy groups -OCH3 is 1. The van der Waals surface area contributed by atoms with E-state index in [9.17, 15) is 9.59 Å². The van der Waals surface area contributed by atoms with E-state index in [0.29, 0.717) is 18.0 Å². The van der Waals surface area contributed by atoms with Crippen LogP contribution >= 0.6 is 0 Å². The summed E-state index contributed by atoms with van der Waals surface area (Å²) in [4.78, 5) is 27.1. The minimum Gasteiger partial charge on any atom is -0.497 e. The highest BCUT2D eigenvalue weighted by molar-refractivity contribution is 5.87. The van der Waals surface area contributed by atoms with Gasteiger partial charge in [0.15, 0.2) is 6.61 Å². The summed E-state index contributed by atoms with van der Waals surface area (Å²) in [6, 6.07) is 14.5. The van der Waals surface area contributed by atoms with Gasteiger partial charge in [-0.05, 0) is 49.1 Å². The van der Waals surface area contributed by atoms with Gasteiger partial charge in [-0.1, -0.05) is 44.2 Å². The Morgan fingerprint density at radius 1 is 1.07 bits per heavy atom.